The smallest absolute Gasteiger partial charge is 0.243 e. The lowest BCUT2D eigenvalue weighted by molar-refractivity contribution is 0.291. The van der Waals surface area contributed by atoms with E-state index in [-0.39, 0.29) is 5.92 Å². The average molecular weight is 450 g/mol. The first-order valence-corrected chi connectivity index (χ1v) is 12.2. The summed E-state index contributed by atoms with van der Waals surface area (Å²) in [5.74, 6) is 0.182. The minimum atomic E-state index is -3.55. The largest absolute Gasteiger partial charge is 0.285 e. The Labute approximate surface area is 188 Å². The third-order valence-corrected chi connectivity index (χ3v) is 8.49. The number of nitrogens with one attached hydrogen (secondary N) is 1. The predicted octanol–water partition coefficient (Wildman–Crippen LogP) is 4.22. The lowest BCUT2D eigenvalue weighted by Gasteiger charge is -2.30. The number of sulfonamides is 1. The average Bonchev–Trinajstić information content (AvgIpc) is 3.47. The molecule has 0 aliphatic carbocycles. The Kier molecular flexibility index (Phi) is 4.94. The maximum Gasteiger partial charge on any atom is 0.243 e. The highest BCUT2D eigenvalue weighted by Crippen LogP contribution is 2.38. The fourth-order valence-electron chi connectivity index (χ4n) is 4.80. The van der Waals surface area contributed by atoms with Crippen molar-refractivity contribution >= 4 is 20.9 Å². The van der Waals surface area contributed by atoms with Crippen LogP contribution in [-0.2, 0) is 16.6 Å². The van der Waals surface area contributed by atoms with Gasteiger partial charge < -0.3 is 0 Å². The van der Waals surface area contributed by atoms with Gasteiger partial charge in [0, 0.05) is 35.8 Å². The second-order valence-electron chi connectivity index (χ2n) is 9.32. The first-order valence-electron chi connectivity index (χ1n) is 10.8. The van der Waals surface area contributed by atoms with Crippen LogP contribution in [0.5, 0.6) is 0 Å². The van der Waals surface area contributed by atoms with Crippen molar-refractivity contribution in [3.05, 3.63) is 66.6 Å². The monoisotopic (exact) mass is 449 g/mol. The van der Waals surface area contributed by atoms with Crippen LogP contribution in [0.3, 0.4) is 0 Å². The van der Waals surface area contributed by atoms with E-state index >= 15 is 0 Å². The van der Waals surface area contributed by atoms with Gasteiger partial charge in [-0.15, -0.1) is 0 Å². The molecule has 0 saturated carbocycles. The minimum Gasteiger partial charge on any atom is -0.285 e. The van der Waals surface area contributed by atoms with Gasteiger partial charge in [0.05, 0.1) is 22.8 Å². The number of aromatic nitrogens is 4. The molecule has 4 aromatic rings. The molecule has 8 heteroatoms. The molecule has 0 radical (unpaired) electrons. The van der Waals surface area contributed by atoms with E-state index in [4.69, 9.17) is 0 Å². The molecule has 1 atom stereocenters. The number of aryl methyl sites for hydroxylation is 1. The molecule has 1 unspecified atom stereocenters. The van der Waals surface area contributed by atoms with Crippen LogP contribution >= 0.6 is 0 Å². The quantitative estimate of drug-likeness (QED) is 0.494. The molecule has 1 N–H and O–H groups in total. The minimum absolute atomic E-state index is 0.182. The number of hydrogen-bond donors (Lipinski definition) is 1. The molecule has 2 aromatic heterocycles. The van der Waals surface area contributed by atoms with Crippen molar-refractivity contribution in [2.45, 2.75) is 44.2 Å². The van der Waals surface area contributed by atoms with Gasteiger partial charge >= 0.3 is 0 Å². The fourth-order valence-corrected chi connectivity index (χ4v) is 6.67. The van der Waals surface area contributed by atoms with Gasteiger partial charge in [-0.05, 0) is 62.9 Å². The zero-order valence-corrected chi connectivity index (χ0v) is 19.3. The van der Waals surface area contributed by atoms with Crippen molar-refractivity contribution in [3.8, 4) is 11.1 Å². The van der Waals surface area contributed by atoms with E-state index in [0.717, 1.165) is 34.0 Å². The SMILES string of the molecule is Cc1ccc(S(=O)(=O)N2CC(Cn3ncc4cc(-c5cn[nH]c5)ccc43)CC2(C)C)cc1. The molecular formula is C24H27N5O2S. The Hall–Kier alpha value is -2.97. The Bertz CT molecular complexity index is 1360. The van der Waals surface area contributed by atoms with Crippen LogP contribution in [-0.4, -0.2) is 44.8 Å². The standard InChI is InChI=1S/C24H27N5O2S/c1-17-4-7-22(8-5-17)32(30,31)29-16-18(11-24(29,2)3)15-28-23-9-6-19(10-20(23)14-27-28)21-12-25-26-13-21/h4-10,12-14,18H,11,15-16H2,1-3H3,(H,25,26). The van der Waals surface area contributed by atoms with Crippen molar-refractivity contribution in [1.29, 1.82) is 0 Å². The van der Waals surface area contributed by atoms with Crippen LogP contribution in [0, 0.1) is 12.8 Å². The summed E-state index contributed by atoms with van der Waals surface area (Å²) in [5.41, 5.74) is 3.77. The number of rotatable bonds is 5. The van der Waals surface area contributed by atoms with E-state index in [2.05, 4.69) is 33.5 Å². The number of hydrogen-bond acceptors (Lipinski definition) is 4. The van der Waals surface area contributed by atoms with Gasteiger partial charge in [0.1, 0.15) is 0 Å². The molecule has 1 aliphatic rings. The summed E-state index contributed by atoms with van der Waals surface area (Å²) in [7, 11) is -3.55. The highest BCUT2D eigenvalue weighted by Gasteiger charge is 2.45. The van der Waals surface area contributed by atoms with Gasteiger partial charge in [-0.2, -0.15) is 14.5 Å². The molecule has 0 amide bonds. The van der Waals surface area contributed by atoms with E-state index in [0.29, 0.717) is 18.0 Å². The summed E-state index contributed by atoms with van der Waals surface area (Å²) < 4.78 is 30.4. The summed E-state index contributed by atoms with van der Waals surface area (Å²) in [6, 6.07) is 13.3. The molecular weight excluding hydrogens is 422 g/mol. The molecule has 7 nitrogen and oxygen atoms in total. The second-order valence-corrected chi connectivity index (χ2v) is 11.2. The summed E-state index contributed by atoms with van der Waals surface area (Å²) in [6.45, 7) is 7.14. The van der Waals surface area contributed by atoms with Gasteiger partial charge in [0.25, 0.3) is 0 Å². The second kappa shape index (κ2) is 7.56. The van der Waals surface area contributed by atoms with Crippen molar-refractivity contribution in [2.24, 2.45) is 5.92 Å². The van der Waals surface area contributed by atoms with Crippen molar-refractivity contribution in [2.75, 3.05) is 6.54 Å². The van der Waals surface area contributed by atoms with E-state index in [1.54, 1.807) is 22.6 Å². The summed E-state index contributed by atoms with van der Waals surface area (Å²) in [5, 5.41) is 12.5. The Balaban J connectivity index is 1.39. The van der Waals surface area contributed by atoms with Crippen LogP contribution in [0.2, 0.25) is 0 Å². The van der Waals surface area contributed by atoms with Crippen molar-refractivity contribution in [3.63, 3.8) is 0 Å². The van der Waals surface area contributed by atoms with Crippen LogP contribution in [0.4, 0.5) is 0 Å². The Morgan fingerprint density at radius 2 is 1.88 bits per heavy atom. The normalized spacial score (nSPS) is 19.0. The molecule has 1 fully saturated rings. The van der Waals surface area contributed by atoms with E-state index in [1.165, 1.54) is 0 Å². The predicted molar refractivity (Wildman–Crippen MR) is 125 cm³/mol. The van der Waals surface area contributed by atoms with Crippen LogP contribution in [0.15, 0.2) is 66.0 Å². The van der Waals surface area contributed by atoms with E-state index in [1.807, 2.05) is 50.0 Å². The van der Waals surface area contributed by atoms with E-state index < -0.39 is 15.6 Å². The molecule has 0 bridgehead atoms. The maximum atomic E-state index is 13.4. The van der Waals surface area contributed by atoms with Crippen molar-refractivity contribution < 1.29 is 8.42 Å². The number of benzene rings is 2. The summed E-state index contributed by atoms with van der Waals surface area (Å²) >= 11 is 0. The first-order chi connectivity index (χ1) is 15.2. The summed E-state index contributed by atoms with van der Waals surface area (Å²) in [6.07, 6.45) is 6.33. The third-order valence-electron chi connectivity index (χ3n) is 6.40. The molecule has 0 spiro atoms. The Morgan fingerprint density at radius 1 is 1.09 bits per heavy atom. The Morgan fingerprint density at radius 3 is 2.59 bits per heavy atom. The highest BCUT2D eigenvalue weighted by molar-refractivity contribution is 7.89. The number of nitrogens with zero attached hydrogens (tertiary/aromatic N) is 4. The zero-order valence-electron chi connectivity index (χ0n) is 18.5. The highest BCUT2D eigenvalue weighted by atomic mass is 32.2. The molecule has 32 heavy (non-hydrogen) atoms. The first kappa shape index (κ1) is 20.9. The van der Waals surface area contributed by atoms with Crippen molar-refractivity contribution in [1.82, 2.24) is 24.3 Å². The van der Waals surface area contributed by atoms with Gasteiger partial charge in [-0.25, -0.2) is 8.42 Å². The molecule has 5 rings (SSSR count). The van der Waals surface area contributed by atoms with Gasteiger partial charge in [-0.1, -0.05) is 23.8 Å². The molecule has 1 saturated heterocycles. The fraction of sp³-hybridized carbons (Fsp3) is 0.333. The molecule has 1 aliphatic heterocycles. The molecule has 2 aromatic carbocycles. The summed E-state index contributed by atoms with van der Waals surface area (Å²) in [4.78, 5) is 0.355. The number of H-pyrrole nitrogens is 1. The van der Waals surface area contributed by atoms with Crippen LogP contribution < -0.4 is 0 Å². The molecule has 166 valence electrons. The van der Waals surface area contributed by atoms with Gasteiger partial charge in [0.15, 0.2) is 0 Å². The van der Waals surface area contributed by atoms with Gasteiger partial charge in [-0.3, -0.25) is 9.78 Å². The van der Waals surface area contributed by atoms with E-state index in [9.17, 15) is 8.42 Å². The van der Waals surface area contributed by atoms with Gasteiger partial charge in [0.2, 0.25) is 10.0 Å². The zero-order chi connectivity index (χ0) is 22.5. The lowest BCUT2D eigenvalue weighted by atomic mass is 9.97. The lowest BCUT2D eigenvalue weighted by Crippen LogP contribution is -2.42. The number of aromatic amines is 1. The van der Waals surface area contributed by atoms with Crippen LogP contribution in [0.1, 0.15) is 25.8 Å². The third kappa shape index (κ3) is 3.63. The molecule has 3 heterocycles. The maximum absolute atomic E-state index is 13.4. The van der Waals surface area contributed by atoms with Crippen LogP contribution in [0.25, 0.3) is 22.0 Å². The number of fused-ring (bicyclic) bond motifs is 1. The topological polar surface area (TPSA) is 83.9 Å².